The van der Waals surface area contributed by atoms with Crippen molar-refractivity contribution in [2.24, 2.45) is 5.41 Å². The number of halogens is 1. The van der Waals surface area contributed by atoms with E-state index >= 15 is 4.39 Å². The Morgan fingerprint density at radius 1 is 1.09 bits per heavy atom. The van der Waals surface area contributed by atoms with Crippen LogP contribution in [0.15, 0.2) is 63.7 Å². The van der Waals surface area contributed by atoms with E-state index in [1.54, 1.807) is 30.3 Å². The number of aliphatic hydroxyl groups is 1. The topological polar surface area (TPSA) is 104 Å². The quantitative estimate of drug-likeness (QED) is 0.426. The first-order valence-corrected chi connectivity index (χ1v) is 12.6. The molecule has 3 N–H and O–H groups in total. The van der Waals surface area contributed by atoms with Gasteiger partial charge in [-0.25, -0.2) is 17.6 Å². The van der Waals surface area contributed by atoms with Gasteiger partial charge < -0.3 is 15.5 Å². The molecule has 1 amide bonds. The maximum atomic E-state index is 15.1. The lowest BCUT2D eigenvalue weighted by Crippen LogP contribution is -2.44. The fraction of sp³-hybridized carbons (Fsp3) is 0.292. The van der Waals surface area contributed by atoms with Gasteiger partial charge in [0.15, 0.2) is 0 Å². The van der Waals surface area contributed by atoms with E-state index in [0.29, 0.717) is 4.88 Å². The van der Waals surface area contributed by atoms with Crippen molar-refractivity contribution in [2.45, 2.75) is 48.9 Å². The largest absolute Gasteiger partial charge is 0.465 e. The highest BCUT2D eigenvalue weighted by Gasteiger charge is 2.31. The summed E-state index contributed by atoms with van der Waals surface area (Å²) in [5, 5.41) is 21.2. The Bertz CT molecular complexity index is 1250. The van der Waals surface area contributed by atoms with E-state index in [-0.39, 0.29) is 32.2 Å². The van der Waals surface area contributed by atoms with E-state index in [2.05, 4.69) is 5.32 Å². The van der Waals surface area contributed by atoms with Crippen molar-refractivity contribution in [1.82, 2.24) is 5.32 Å². The molecule has 0 aliphatic carbocycles. The zero-order chi connectivity index (χ0) is 24.4. The molecule has 0 spiro atoms. The lowest BCUT2D eigenvalue weighted by molar-refractivity contribution is 0.174. The summed E-state index contributed by atoms with van der Waals surface area (Å²) in [5.41, 5.74) is -0.126. The van der Waals surface area contributed by atoms with Gasteiger partial charge in [-0.15, -0.1) is 11.3 Å². The molecule has 1 unspecified atom stereocenters. The number of amides is 1. The molecule has 0 radical (unpaired) electrons. The number of hydrogen-bond donors (Lipinski definition) is 3. The number of nitrogens with one attached hydrogen (secondary N) is 1. The van der Waals surface area contributed by atoms with Crippen molar-refractivity contribution in [3.8, 4) is 11.1 Å². The number of carboxylic acid groups (broad SMARTS) is 1. The van der Waals surface area contributed by atoms with Gasteiger partial charge in [-0.05, 0) is 23.6 Å². The Morgan fingerprint density at radius 3 is 2.33 bits per heavy atom. The SMILES string of the molecule is CC(C)(C)C(Cc1cc(-c2cccc(CO)c2F)c(S(=O)(=O)c2ccccc2)s1)NC(=O)O. The van der Waals surface area contributed by atoms with Crippen LogP contribution in [0.25, 0.3) is 11.1 Å². The van der Waals surface area contributed by atoms with Gasteiger partial charge in [0.1, 0.15) is 10.0 Å². The lowest BCUT2D eigenvalue weighted by atomic mass is 9.84. The summed E-state index contributed by atoms with van der Waals surface area (Å²) in [6.07, 6.45) is -0.940. The van der Waals surface area contributed by atoms with Crippen LogP contribution in [0.3, 0.4) is 0 Å². The highest BCUT2D eigenvalue weighted by atomic mass is 32.2. The Morgan fingerprint density at radius 2 is 1.76 bits per heavy atom. The molecule has 0 aliphatic rings. The van der Waals surface area contributed by atoms with Crippen molar-refractivity contribution in [2.75, 3.05) is 0 Å². The zero-order valence-electron chi connectivity index (χ0n) is 18.5. The molecule has 0 saturated heterocycles. The molecule has 2 aromatic carbocycles. The van der Waals surface area contributed by atoms with Gasteiger partial charge in [0, 0.05) is 34.0 Å². The number of rotatable bonds is 7. The third-order valence-electron chi connectivity index (χ3n) is 5.33. The number of carbonyl (C=O) groups is 1. The Hall–Kier alpha value is -2.75. The van der Waals surface area contributed by atoms with Crippen LogP contribution in [0.1, 0.15) is 31.2 Å². The molecule has 1 heterocycles. The minimum atomic E-state index is -3.97. The number of benzene rings is 2. The van der Waals surface area contributed by atoms with Crippen LogP contribution in [0.2, 0.25) is 0 Å². The number of hydrogen-bond acceptors (Lipinski definition) is 5. The molecule has 9 heteroatoms. The first kappa shape index (κ1) is 24.9. The van der Waals surface area contributed by atoms with Gasteiger partial charge in [-0.3, -0.25) is 0 Å². The average Bonchev–Trinajstić information content (AvgIpc) is 3.17. The monoisotopic (exact) mass is 491 g/mol. The number of aliphatic hydroxyl groups excluding tert-OH is 1. The van der Waals surface area contributed by atoms with E-state index in [9.17, 15) is 23.4 Å². The molecule has 0 bridgehead atoms. The van der Waals surface area contributed by atoms with Crippen molar-refractivity contribution < 1.29 is 27.8 Å². The van der Waals surface area contributed by atoms with E-state index in [4.69, 9.17) is 0 Å². The molecule has 1 aromatic heterocycles. The predicted molar refractivity (Wildman–Crippen MR) is 126 cm³/mol. The third kappa shape index (κ3) is 5.43. The summed E-state index contributed by atoms with van der Waals surface area (Å²) in [5.74, 6) is -0.690. The smallest absolute Gasteiger partial charge is 0.404 e. The predicted octanol–water partition coefficient (Wildman–Crippen LogP) is 5.10. The first-order chi connectivity index (χ1) is 15.4. The van der Waals surface area contributed by atoms with Crippen LogP contribution in [-0.2, 0) is 22.9 Å². The molecule has 0 saturated carbocycles. The summed E-state index contributed by atoms with van der Waals surface area (Å²) in [6.45, 7) is 5.13. The van der Waals surface area contributed by atoms with Gasteiger partial charge in [-0.2, -0.15) is 0 Å². The Balaban J connectivity index is 2.20. The fourth-order valence-electron chi connectivity index (χ4n) is 3.45. The highest BCUT2D eigenvalue weighted by molar-refractivity contribution is 7.93. The van der Waals surface area contributed by atoms with E-state index in [1.807, 2.05) is 20.8 Å². The van der Waals surface area contributed by atoms with Crippen LogP contribution in [-0.4, -0.2) is 30.8 Å². The van der Waals surface area contributed by atoms with Gasteiger partial charge in [0.05, 0.1) is 11.5 Å². The Labute approximate surface area is 196 Å². The van der Waals surface area contributed by atoms with Crippen LogP contribution in [0, 0.1) is 11.2 Å². The normalized spacial score (nSPS) is 13.0. The number of sulfone groups is 1. The molecular formula is C24H26FNO5S2. The summed E-state index contributed by atoms with van der Waals surface area (Å²) >= 11 is 1.000. The van der Waals surface area contributed by atoms with Crippen molar-refractivity contribution in [1.29, 1.82) is 0 Å². The fourth-order valence-corrected chi connectivity index (χ4v) is 6.63. The van der Waals surface area contributed by atoms with Crippen molar-refractivity contribution in [3.63, 3.8) is 0 Å². The second-order valence-corrected chi connectivity index (χ2v) is 12.0. The molecule has 33 heavy (non-hydrogen) atoms. The van der Waals surface area contributed by atoms with Crippen LogP contribution < -0.4 is 5.32 Å². The molecule has 0 fully saturated rings. The Kier molecular flexibility index (Phi) is 7.26. The van der Waals surface area contributed by atoms with E-state index < -0.39 is 39.8 Å². The first-order valence-electron chi connectivity index (χ1n) is 10.3. The number of thiophene rings is 1. The van der Waals surface area contributed by atoms with E-state index in [0.717, 1.165) is 11.3 Å². The van der Waals surface area contributed by atoms with E-state index in [1.165, 1.54) is 24.3 Å². The third-order valence-corrected chi connectivity index (χ3v) is 8.80. The zero-order valence-corrected chi connectivity index (χ0v) is 20.1. The lowest BCUT2D eigenvalue weighted by Gasteiger charge is -2.30. The molecule has 3 rings (SSSR count). The summed E-state index contributed by atoms with van der Waals surface area (Å²) in [6, 6.07) is 13.4. The summed E-state index contributed by atoms with van der Waals surface area (Å²) in [4.78, 5) is 12.0. The standard InChI is InChI=1S/C24H26FNO5S2/c1-24(2,3)20(26-23(28)29)13-16-12-19(18-11-7-8-15(14-27)21(18)25)22(32-16)33(30,31)17-9-5-4-6-10-17/h4-12,20,26-27H,13-14H2,1-3H3,(H,28,29). The van der Waals surface area contributed by atoms with Gasteiger partial charge in [0.25, 0.3) is 0 Å². The van der Waals surface area contributed by atoms with Crippen molar-refractivity contribution in [3.05, 3.63) is 70.9 Å². The highest BCUT2D eigenvalue weighted by Crippen LogP contribution is 2.41. The molecule has 0 aliphatic heterocycles. The summed E-state index contributed by atoms with van der Waals surface area (Å²) < 4.78 is 42.1. The van der Waals surface area contributed by atoms with Crippen LogP contribution in [0.4, 0.5) is 9.18 Å². The minimum absolute atomic E-state index is 0.0272. The minimum Gasteiger partial charge on any atom is -0.465 e. The van der Waals surface area contributed by atoms with Gasteiger partial charge in [0.2, 0.25) is 9.84 Å². The molecule has 176 valence electrons. The van der Waals surface area contributed by atoms with Gasteiger partial charge in [-0.1, -0.05) is 57.2 Å². The van der Waals surface area contributed by atoms with Crippen LogP contribution >= 0.6 is 11.3 Å². The van der Waals surface area contributed by atoms with Gasteiger partial charge >= 0.3 is 6.09 Å². The molecular weight excluding hydrogens is 465 g/mol. The maximum absolute atomic E-state index is 15.1. The van der Waals surface area contributed by atoms with Crippen molar-refractivity contribution >= 4 is 27.3 Å². The molecule has 3 aromatic rings. The molecule has 1 atom stereocenters. The molecule has 6 nitrogen and oxygen atoms in total. The maximum Gasteiger partial charge on any atom is 0.404 e. The average molecular weight is 492 g/mol. The second kappa shape index (κ2) is 9.62. The second-order valence-electron chi connectivity index (χ2n) is 8.74. The van der Waals surface area contributed by atoms with Crippen LogP contribution in [0.5, 0.6) is 0 Å². The summed E-state index contributed by atoms with van der Waals surface area (Å²) in [7, 11) is -3.97.